The van der Waals surface area contributed by atoms with Crippen molar-refractivity contribution >= 4 is 28.6 Å². The number of esters is 1. The Labute approximate surface area is 145 Å². The van der Waals surface area contributed by atoms with Crippen LogP contribution in [0.1, 0.15) is 17.4 Å². The van der Waals surface area contributed by atoms with E-state index in [-0.39, 0.29) is 5.97 Å². The largest absolute Gasteiger partial charge is 0.468 e. The van der Waals surface area contributed by atoms with Crippen molar-refractivity contribution in [2.24, 2.45) is 7.05 Å². The summed E-state index contributed by atoms with van der Waals surface area (Å²) in [6.45, 7) is 0.428. The van der Waals surface area contributed by atoms with Crippen molar-refractivity contribution in [3.8, 4) is 0 Å². The number of aromatic nitrogens is 2. The van der Waals surface area contributed by atoms with Gasteiger partial charge < -0.3 is 9.30 Å². The lowest BCUT2D eigenvalue weighted by Crippen LogP contribution is -2.30. The van der Waals surface area contributed by atoms with Gasteiger partial charge in [-0.25, -0.2) is 9.78 Å². The summed E-state index contributed by atoms with van der Waals surface area (Å²) in [5.41, 5.74) is 2.67. The van der Waals surface area contributed by atoms with Crippen LogP contribution in [0.5, 0.6) is 0 Å². The minimum atomic E-state index is -0.542. The quantitative estimate of drug-likeness (QED) is 0.723. The molecule has 1 atom stereocenters. The first-order chi connectivity index (χ1) is 11.6. The topological polar surface area (TPSA) is 56.1 Å². The highest BCUT2D eigenvalue weighted by Crippen LogP contribution is 2.20. The van der Waals surface area contributed by atoms with Gasteiger partial charge in [-0.1, -0.05) is 41.9 Å². The molecule has 0 radical (unpaired) electrons. The lowest BCUT2D eigenvalue weighted by Gasteiger charge is -2.16. The summed E-state index contributed by atoms with van der Waals surface area (Å²) in [6.07, 6.45) is 0. The Morgan fingerprint density at radius 3 is 2.75 bits per heavy atom. The average Bonchev–Trinajstić information content (AvgIpc) is 2.91. The zero-order chi connectivity index (χ0) is 17.1. The Morgan fingerprint density at radius 2 is 2.04 bits per heavy atom. The Balaban J connectivity index is 1.85. The van der Waals surface area contributed by atoms with Gasteiger partial charge in [0.1, 0.15) is 11.9 Å². The maximum Gasteiger partial charge on any atom is 0.327 e. The number of ether oxygens (including phenoxy) is 1. The van der Waals surface area contributed by atoms with Gasteiger partial charge in [0.15, 0.2) is 0 Å². The van der Waals surface area contributed by atoms with Crippen molar-refractivity contribution in [1.29, 1.82) is 0 Å². The van der Waals surface area contributed by atoms with Gasteiger partial charge in [0.05, 0.1) is 24.7 Å². The molecule has 0 aliphatic heterocycles. The molecule has 0 saturated heterocycles. The first-order valence-corrected chi connectivity index (χ1v) is 7.95. The van der Waals surface area contributed by atoms with Crippen LogP contribution in [0.2, 0.25) is 5.02 Å². The van der Waals surface area contributed by atoms with Gasteiger partial charge in [-0.05, 0) is 23.8 Å². The van der Waals surface area contributed by atoms with Crippen LogP contribution in [0.15, 0.2) is 48.5 Å². The maximum atomic E-state index is 12.1. The first kappa shape index (κ1) is 16.5. The molecule has 124 valence electrons. The normalized spacial score (nSPS) is 12.3. The molecule has 1 heterocycles. The number of methoxy groups -OCH3 is 1. The molecule has 6 heteroatoms. The zero-order valence-corrected chi connectivity index (χ0v) is 14.2. The van der Waals surface area contributed by atoms with Crippen LogP contribution in [0.4, 0.5) is 0 Å². The van der Waals surface area contributed by atoms with Gasteiger partial charge in [-0.15, -0.1) is 0 Å². The Kier molecular flexibility index (Phi) is 4.83. The van der Waals surface area contributed by atoms with Crippen LogP contribution >= 0.6 is 11.6 Å². The number of nitrogens with zero attached hydrogens (tertiary/aromatic N) is 2. The number of aryl methyl sites for hydroxylation is 1. The molecule has 1 aromatic heterocycles. The highest BCUT2D eigenvalue weighted by atomic mass is 35.5. The first-order valence-electron chi connectivity index (χ1n) is 7.57. The van der Waals surface area contributed by atoms with Crippen LogP contribution in [-0.2, 0) is 23.1 Å². The van der Waals surface area contributed by atoms with Crippen molar-refractivity contribution in [3.05, 3.63) is 64.9 Å². The predicted molar refractivity (Wildman–Crippen MR) is 93.8 cm³/mol. The third-order valence-electron chi connectivity index (χ3n) is 3.97. The number of carbonyl (C=O) groups is 1. The van der Waals surface area contributed by atoms with Crippen LogP contribution in [0, 0.1) is 0 Å². The Bertz CT molecular complexity index is 861. The highest BCUT2D eigenvalue weighted by Gasteiger charge is 2.21. The predicted octanol–water partition coefficient (Wildman–Crippen LogP) is 3.23. The second-order valence-electron chi connectivity index (χ2n) is 5.47. The summed E-state index contributed by atoms with van der Waals surface area (Å²) in [4.78, 5) is 16.7. The molecule has 0 saturated carbocycles. The van der Waals surface area contributed by atoms with E-state index >= 15 is 0 Å². The number of nitrogens with one attached hydrogen (secondary N) is 1. The minimum absolute atomic E-state index is 0.331. The monoisotopic (exact) mass is 343 g/mol. The van der Waals surface area contributed by atoms with E-state index in [9.17, 15) is 4.79 Å². The second kappa shape index (κ2) is 7.03. The maximum absolute atomic E-state index is 12.1. The highest BCUT2D eigenvalue weighted by molar-refractivity contribution is 6.31. The molecule has 3 aromatic rings. The molecule has 1 N–H and O–H groups in total. The molecular formula is C18H18ClN3O2. The van der Waals surface area contributed by atoms with Crippen molar-refractivity contribution in [1.82, 2.24) is 14.9 Å². The van der Waals surface area contributed by atoms with Gasteiger partial charge in [-0.3, -0.25) is 5.32 Å². The molecule has 3 rings (SSSR count). The number of rotatable bonds is 5. The molecular weight excluding hydrogens is 326 g/mol. The number of hydrogen-bond donors (Lipinski definition) is 1. The van der Waals surface area contributed by atoms with Crippen molar-refractivity contribution in [2.45, 2.75) is 12.6 Å². The summed E-state index contributed by atoms with van der Waals surface area (Å²) < 4.78 is 6.90. The van der Waals surface area contributed by atoms with Gasteiger partial charge in [0, 0.05) is 12.1 Å². The molecule has 0 spiro atoms. The van der Waals surface area contributed by atoms with E-state index in [1.807, 2.05) is 60.1 Å². The third-order valence-corrected chi connectivity index (χ3v) is 4.20. The van der Waals surface area contributed by atoms with Crippen molar-refractivity contribution in [3.63, 3.8) is 0 Å². The molecule has 5 nitrogen and oxygen atoms in total. The molecule has 0 unspecified atom stereocenters. The summed E-state index contributed by atoms with van der Waals surface area (Å²) >= 11 is 6.02. The number of halogens is 1. The second-order valence-corrected chi connectivity index (χ2v) is 5.90. The molecule has 0 amide bonds. The third kappa shape index (κ3) is 3.27. The van der Waals surface area contributed by atoms with Gasteiger partial charge >= 0.3 is 5.97 Å². The van der Waals surface area contributed by atoms with Crippen molar-refractivity contribution < 1.29 is 9.53 Å². The van der Waals surface area contributed by atoms with Crippen LogP contribution in [0.25, 0.3) is 11.0 Å². The van der Waals surface area contributed by atoms with Crippen molar-refractivity contribution in [2.75, 3.05) is 7.11 Å². The van der Waals surface area contributed by atoms with Crippen LogP contribution in [-0.4, -0.2) is 22.6 Å². The minimum Gasteiger partial charge on any atom is -0.468 e. The van der Waals surface area contributed by atoms with E-state index in [1.54, 1.807) is 0 Å². The smallest absolute Gasteiger partial charge is 0.327 e. The lowest BCUT2D eigenvalue weighted by molar-refractivity contribution is -0.143. The summed E-state index contributed by atoms with van der Waals surface area (Å²) in [6, 6.07) is 14.5. The fraction of sp³-hybridized carbons (Fsp3) is 0.222. The summed E-state index contributed by atoms with van der Waals surface area (Å²) in [5, 5.41) is 3.88. The number of carbonyl (C=O) groups excluding carboxylic acids is 1. The SMILES string of the molecule is COC(=O)[C@H](NCc1nc2cc(Cl)ccc2n1C)c1ccccc1. The summed E-state index contributed by atoms with van der Waals surface area (Å²) in [7, 11) is 3.33. The zero-order valence-electron chi connectivity index (χ0n) is 13.5. The Morgan fingerprint density at radius 1 is 1.29 bits per heavy atom. The van der Waals surface area contributed by atoms with Gasteiger partial charge in [-0.2, -0.15) is 0 Å². The molecule has 24 heavy (non-hydrogen) atoms. The summed E-state index contributed by atoms with van der Waals surface area (Å²) in [5.74, 6) is 0.486. The fourth-order valence-corrected chi connectivity index (χ4v) is 2.84. The number of fused-ring (bicyclic) bond motifs is 1. The van der Waals surface area contributed by atoms with E-state index in [2.05, 4.69) is 10.3 Å². The molecule has 0 aliphatic rings. The number of hydrogen-bond acceptors (Lipinski definition) is 4. The van der Waals surface area contributed by atoms with Gasteiger partial charge in [0.2, 0.25) is 0 Å². The van der Waals surface area contributed by atoms with E-state index in [1.165, 1.54) is 7.11 Å². The van der Waals surface area contributed by atoms with Crippen LogP contribution in [0.3, 0.4) is 0 Å². The standard InChI is InChI=1S/C18H18ClN3O2/c1-22-15-9-8-13(19)10-14(15)21-16(22)11-20-17(18(23)24-2)12-6-4-3-5-7-12/h3-10,17,20H,11H2,1-2H3/t17-/m1/s1. The molecule has 0 fully saturated rings. The fourth-order valence-electron chi connectivity index (χ4n) is 2.67. The lowest BCUT2D eigenvalue weighted by atomic mass is 10.1. The number of benzene rings is 2. The molecule has 0 bridgehead atoms. The molecule has 2 aromatic carbocycles. The number of imidazole rings is 1. The van der Waals surface area contributed by atoms with E-state index in [4.69, 9.17) is 16.3 Å². The van der Waals surface area contributed by atoms with E-state index < -0.39 is 6.04 Å². The van der Waals surface area contributed by atoms with E-state index in [0.717, 1.165) is 22.4 Å². The molecule has 0 aliphatic carbocycles. The van der Waals surface area contributed by atoms with Gasteiger partial charge in [0.25, 0.3) is 0 Å². The van der Waals surface area contributed by atoms with E-state index in [0.29, 0.717) is 11.6 Å². The average molecular weight is 344 g/mol. The van der Waals surface area contributed by atoms with Crippen LogP contribution < -0.4 is 5.32 Å². The Hall–Kier alpha value is -2.37.